The van der Waals surface area contributed by atoms with E-state index in [2.05, 4.69) is 17.6 Å². The number of ether oxygens (including phenoxy) is 1. The van der Waals surface area contributed by atoms with Gasteiger partial charge in [0, 0.05) is 11.6 Å². The molecule has 0 unspecified atom stereocenters. The van der Waals surface area contributed by atoms with Crippen molar-refractivity contribution >= 4 is 17.5 Å². The standard InChI is InChI=1S/C22H34N2O3/c1-5-16(4)20(24-21(25)17-9-7-15(3)8-10-17)22(26)23-18-11-13-19(14-12-18)27-6-2/h11-17,20H,5-10H2,1-4H3,(H,23,26)(H,24,25)/t15?,16-,17?,20+/m1/s1. The lowest BCUT2D eigenvalue weighted by Gasteiger charge is -2.29. The molecule has 2 atom stereocenters. The number of nitrogens with one attached hydrogen (secondary N) is 2. The van der Waals surface area contributed by atoms with Crippen molar-refractivity contribution in [3.8, 4) is 5.75 Å². The molecular weight excluding hydrogens is 340 g/mol. The van der Waals surface area contributed by atoms with E-state index in [-0.39, 0.29) is 23.7 Å². The molecule has 2 amide bonds. The predicted molar refractivity (Wildman–Crippen MR) is 109 cm³/mol. The lowest BCUT2D eigenvalue weighted by atomic mass is 9.82. The summed E-state index contributed by atoms with van der Waals surface area (Å²) in [4.78, 5) is 25.5. The summed E-state index contributed by atoms with van der Waals surface area (Å²) in [5.41, 5.74) is 0.706. The highest BCUT2D eigenvalue weighted by Gasteiger charge is 2.30. The number of carbonyl (C=O) groups excluding carboxylic acids is 2. The molecule has 1 aliphatic carbocycles. The van der Waals surface area contributed by atoms with Crippen LogP contribution in [0.4, 0.5) is 5.69 Å². The molecule has 150 valence electrons. The van der Waals surface area contributed by atoms with Gasteiger partial charge >= 0.3 is 0 Å². The second-order valence-electron chi connectivity index (χ2n) is 7.78. The van der Waals surface area contributed by atoms with E-state index < -0.39 is 6.04 Å². The highest BCUT2D eigenvalue weighted by molar-refractivity contribution is 5.97. The number of anilines is 1. The van der Waals surface area contributed by atoms with E-state index in [1.54, 1.807) is 0 Å². The van der Waals surface area contributed by atoms with Crippen LogP contribution >= 0.6 is 0 Å². The van der Waals surface area contributed by atoms with Crippen molar-refractivity contribution in [2.45, 2.75) is 65.8 Å². The number of hydrogen-bond acceptors (Lipinski definition) is 3. The first-order valence-electron chi connectivity index (χ1n) is 10.3. The lowest BCUT2D eigenvalue weighted by molar-refractivity contribution is -0.131. The Morgan fingerprint density at radius 2 is 1.74 bits per heavy atom. The maximum absolute atomic E-state index is 12.8. The Bertz CT molecular complexity index is 606. The topological polar surface area (TPSA) is 67.4 Å². The molecule has 0 bridgehead atoms. The van der Waals surface area contributed by atoms with Gasteiger partial charge in [0.25, 0.3) is 0 Å². The molecule has 2 N–H and O–H groups in total. The quantitative estimate of drug-likeness (QED) is 0.709. The van der Waals surface area contributed by atoms with Crippen LogP contribution in [0.3, 0.4) is 0 Å². The molecule has 0 saturated heterocycles. The second kappa shape index (κ2) is 10.3. The maximum atomic E-state index is 12.8. The van der Waals surface area contributed by atoms with Gasteiger partial charge in [-0.25, -0.2) is 0 Å². The smallest absolute Gasteiger partial charge is 0.247 e. The molecule has 1 aromatic rings. The average molecular weight is 375 g/mol. The zero-order valence-corrected chi connectivity index (χ0v) is 17.1. The van der Waals surface area contributed by atoms with Gasteiger partial charge in [0.2, 0.25) is 11.8 Å². The van der Waals surface area contributed by atoms with Crippen LogP contribution in [0.2, 0.25) is 0 Å². The second-order valence-corrected chi connectivity index (χ2v) is 7.78. The molecule has 0 spiro atoms. The molecule has 0 aromatic heterocycles. The Balaban J connectivity index is 1.99. The molecule has 2 rings (SSSR count). The van der Waals surface area contributed by atoms with Crippen LogP contribution in [-0.2, 0) is 9.59 Å². The summed E-state index contributed by atoms with van der Waals surface area (Å²) in [5, 5.41) is 5.96. The van der Waals surface area contributed by atoms with Crippen molar-refractivity contribution in [3.05, 3.63) is 24.3 Å². The van der Waals surface area contributed by atoms with E-state index in [0.29, 0.717) is 18.2 Å². The minimum Gasteiger partial charge on any atom is -0.494 e. The van der Waals surface area contributed by atoms with Gasteiger partial charge in [-0.05, 0) is 68.7 Å². The fourth-order valence-electron chi connectivity index (χ4n) is 3.52. The third-order valence-corrected chi connectivity index (χ3v) is 5.61. The summed E-state index contributed by atoms with van der Waals surface area (Å²) in [7, 11) is 0. The summed E-state index contributed by atoms with van der Waals surface area (Å²) in [5.74, 6) is 1.43. The van der Waals surface area contributed by atoms with Crippen LogP contribution in [0.25, 0.3) is 0 Å². The number of amides is 2. The van der Waals surface area contributed by atoms with Crippen LogP contribution in [0.5, 0.6) is 5.75 Å². The highest BCUT2D eigenvalue weighted by Crippen LogP contribution is 2.28. The Hall–Kier alpha value is -2.04. The maximum Gasteiger partial charge on any atom is 0.247 e. The molecule has 1 saturated carbocycles. The third kappa shape index (κ3) is 6.26. The molecule has 1 aromatic carbocycles. The molecule has 1 aliphatic rings. The van der Waals surface area contributed by atoms with E-state index in [0.717, 1.165) is 37.9 Å². The van der Waals surface area contributed by atoms with Crippen LogP contribution in [0, 0.1) is 17.8 Å². The molecule has 27 heavy (non-hydrogen) atoms. The minimum absolute atomic E-state index is 0.0223. The van der Waals surface area contributed by atoms with E-state index in [1.807, 2.05) is 45.0 Å². The van der Waals surface area contributed by atoms with Crippen molar-refractivity contribution in [2.24, 2.45) is 17.8 Å². The lowest BCUT2D eigenvalue weighted by Crippen LogP contribution is -2.49. The Kier molecular flexibility index (Phi) is 8.14. The van der Waals surface area contributed by atoms with Crippen LogP contribution < -0.4 is 15.4 Å². The molecule has 0 radical (unpaired) electrons. The van der Waals surface area contributed by atoms with Crippen LogP contribution in [-0.4, -0.2) is 24.5 Å². The van der Waals surface area contributed by atoms with E-state index in [1.165, 1.54) is 0 Å². The number of hydrogen-bond donors (Lipinski definition) is 2. The first-order chi connectivity index (χ1) is 12.9. The molecule has 1 fully saturated rings. The molecule has 5 nitrogen and oxygen atoms in total. The summed E-state index contributed by atoms with van der Waals surface area (Å²) in [6, 6.07) is 6.79. The van der Waals surface area contributed by atoms with Crippen LogP contribution in [0.1, 0.15) is 59.8 Å². The SMILES string of the molecule is CCOc1ccc(NC(=O)[C@@H](NC(=O)C2CCC(C)CC2)[C@H](C)CC)cc1. The Labute approximate surface area is 163 Å². The molecular formula is C22H34N2O3. The highest BCUT2D eigenvalue weighted by atomic mass is 16.5. The first-order valence-corrected chi connectivity index (χ1v) is 10.3. The molecule has 5 heteroatoms. The predicted octanol–water partition coefficient (Wildman–Crippen LogP) is 4.38. The van der Waals surface area contributed by atoms with Crippen molar-refractivity contribution in [3.63, 3.8) is 0 Å². The third-order valence-electron chi connectivity index (χ3n) is 5.61. The largest absolute Gasteiger partial charge is 0.494 e. The minimum atomic E-state index is -0.520. The zero-order chi connectivity index (χ0) is 19.8. The summed E-state index contributed by atoms with van der Waals surface area (Å²) >= 11 is 0. The van der Waals surface area contributed by atoms with Crippen LogP contribution in [0.15, 0.2) is 24.3 Å². The zero-order valence-electron chi connectivity index (χ0n) is 17.1. The molecule has 0 heterocycles. The summed E-state index contributed by atoms with van der Waals surface area (Å²) in [6.07, 6.45) is 4.83. The number of rotatable bonds is 8. The van der Waals surface area contributed by atoms with Gasteiger partial charge in [-0.2, -0.15) is 0 Å². The van der Waals surface area contributed by atoms with Gasteiger partial charge in [0.15, 0.2) is 0 Å². The Morgan fingerprint density at radius 1 is 1.11 bits per heavy atom. The van der Waals surface area contributed by atoms with Gasteiger partial charge in [0.1, 0.15) is 11.8 Å². The fraction of sp³-hybridized carbons (Fsp3) is 0.636. The summed E-state index contributed by atoms with van der Waals surface area (Å²) < 4.78 is 5.43. The summed E-state index contributed by atoms with van der Waals surface area (Å²) in [6.45, 7) is 8.82. The van der Waals surface area contributed by atoms with Gasteiger partial charge in [-0.1, -0.05) is 27.2 Å². The van der Waals surface area contributed by atoms with Crippen molar-refractivity contribution < 1.29 is 14.3 Å². The van der Waals surface area contributed by atoms with E-state index in [9.17, 15) is 9.59 Å². The number of carbonyl (C=O) groups is 2. The van der Waals surface area contributed by atoms with Crippen molar-refractivity contribution in [1.82, 2.24) is 5.32 Å². The van der Waals surface area contributed by atoms with Gasteiger partial charge in [0.05, 0.1) is 6.61 Å². The van der Waals surface area contributed by atoms with Crippen molar-refractivity contribution in [1.29, 1.82) is 0 Å². The van der Waals surface area contributed by atoms with Crippen molar-refractivity contribution in [2.75, 3.05) is 11.9 Å². The van der Waals surface area contributed by atoms with E-state index >= 15 is 0 Å². The van der Waals surface area contributed by atoms with Gasteiger partial charge < -0.3 is 15.4 Å². The van der Waals surface area contributed by atoms with E-state index in [4.69, 9.17) is 4.74 Å². The first kappa shape index (κ1) is 21.3. The fourth-order valence-corrected chi connectivity index (χ4v) is 3.52. The van der Waals surface area contributed by atoms with Gasteiger partial charge in [-0.3, -0.25) is 9.59 Å². The Morgan fingerprint density at radius 3 is 2.30 bits per heavy atom. The number of benzene rings is 1. The van der Waals surface area contributed by atoms with Gasteiger partial charge in [-0.15, -0.1) is 0 Å². The normalized spacial score (nSPS) is 21.8. The average Bonchev–Trinajstić information content (AvgIpc) is 2.67. The molecule has 0 aliphatic heterocycles. The monoisotopic (exact) mass is 374 g/mol.